The molecule has 0 aliphatic heterocycles. The van der Waals surface area contributed by atoms with Gasteiger partial charge in [0.1, 0.15) is 11.4 Å². The van der Waals surface area contributed by atoms with Gasteiger partial charge < -0.3 is 10.4 Å². The van der Waals surface area contributed by atoms with E-state index >= 15 is 0 Å². The lowest BCUT2D eigenvalue weighted by atomic mass is 10.2. The van der Waals surface area contributed by atoms with Crippen molar-refractivity contribution >= 4 is 17.5 Å². The standard InChI is InChI=1S/C14H11F3N2O2/c1-8-5-6-11(13(20)21)12(18-8)19-10-4-2-3-9(7-10)14(15,16)17/h2-7H,1H3,(H,18,19)(H,20,21). The normalized spacial score (nSPS) is 11.2. The highest BCUT2D eigenvalue weighted by Gasteiger charge is 2.30. The first-order valence-electron chi connectivity index (χ1n) is 5.92. The van der Waals surface area contributed by atoms with Crippen molar-refractivity contribution in [3.8, 4) is 0 Å². The third-order valence-corrected chi connectivity index (χ3v) is 2.72. The molecule has 0 fully saturated rings. The summed E-state index contributed by atoms with van der Waals surface area (Å²) in [7, 11) is 0. The summed E-state index contributed by atoms with van der Waals surface area (Å²) >= 11 is 0. The molecule has 0 bridgehead atoms. The van der Waals surface area contributed by atoms with Crippen LogP contribution in [-0.2, 0) is 6.18 Å². The number of nitrogens with one attached hydrogen (secondary N) is 1. The fraction of sp³-hybridized carbons (Fsp3) is 0.143. The molecule has 1 heterocycles. The molecule has 2 aromatic rings. The Morgan fingerprint density at radius 2 is 1.95 bits per heavy atom. The summed E-state index contributed by atoms with van der Waals surface area (Å²) in [4.78, 5) is 15.1. The molecule has 1 aromatic heterocycles. The van der Waals surface area contributed by atoms with Crippen molar-refractivity contribution in [1.29, 1.82) is 0 Å². The molecule has 7 heteroatoms. The van der Waals surface area contributed by atoms with E-state index in [0.29, 0.717) is 5.69 Å². The predicted molar refractivity (Wildman–Crippen MR) is 70.7 cm³/mol. The highest BCUT2D eigenvalue weighted by atomic mass is 19.4. The Labute approximate surface area is 118 Å². The van der Waals surface area contributed by atoms with Crippen molar-refractivity contribution < 1.29 is 23.1 Å². The van der Waals surface area contributed by atoms with Gasteiger partial charge in [-0.05, 0) is 37.3 Å². The fourth-order valence-electron chi connectivity index (χ4n) is 1.73. The molecule has 0 saturated heterocycles. The van der Waals surface area contributed by atoms with Crippen LogP contribution in [0.25, 0.3) is 0 Å². The van der Waals surface area contributed by atoms with Crippen molar-refractivity contribution in [1.82, 2.24) is 4.98 Å². The monoisotopic (exact) mass is 296 g/mol. The molecule has 0 unspecified atom stereocenters. The van der Waals surface area contributed by atoms with E-state index in [-0.39, 0.29) is 17.1 Å². The lowest BCUT2D eigenvalue weighted by molar-refractivity contribution is -0.137. The number of alkyl halides is 3. The topological polar surface area (TPSA) is 62.2 Å². The van der Waals surface area contributed by atoms with Gasteiger partial charge in [0, 0.05) is 11.4 Å². The lowest BCUT2D eigenvalue weighted by Crippen LogP contribution is -2.08. The average Bonchev–Trinajstić information content (AvgIpc) is 2.37. The Morgan fingerprint density at radius 1 is 1.24 bits per heavy atom. The quantitative estimate of drug-likeness (QED) is 0.903. The van der Waals surface area contributed by atoms with Crippen molar-refractivity contribution in [2.75, 3.05) is 5.32 Å². The summed E-state index contributed by atoms with van der Waals surface area (Å²) in [5.41, 5.74) is -0.269. The highest BCUT2D eigenvalue weighted by molar-refractivity contribution is 5.94. The average molecular weight is 296 g/mol. The van der Waals surface area contributed by atoms with Gasteiger partial charge in [-0.1, -0.05) is 6.07 Å². The Kier molecular flexibility index (Phi) is 3.84. The first-order chi connectivity index (χ1) is 9.77. The zero-order chi connectivity index (χ0) is 15.6. The minimum atomic E-state index is -4.46. The van der Waals surface area contributed by atoms with Crippen molar-refractivity contribution in [2.45, 2.75) is 13.1 Å². The lowest BCUT2D eigenvalue weighted by Gasteiger charge is -2.12. The largest absolute Gasteiger partial charge is 0.478 e. The van der Waals surface area contributed by atoms with Gasteiger partial charge in [-0.25, -0.2) is 9.78 Å². The number of hydrogen-bond acceptors (Lipinski definition) is 3. The van der Waals surface area contributed by atoms with Gasteiger partial charge >= 0.3 is 12.1 Å². The number of nitrogens with zero attached hydrogens (tertiary/aromatic N) is 1. The first-order valence-corrected chi connectivity index (χ1v) is 5.92. The first kappa shape index (κ1) is 14.8. The van der Waals surface area contributed by atoms with Crippen LogP contribution >= 0.6 is 0 Å². The molecule has 110 valence electrons. The predicted octanol–water partition coefficient (Wildman–Crippen LogP) is 3.85. The number of rotatable bonds is 3. The van der Waals surface area contributed by atoms with Crippen LogP contribution in [-0.4, -0.2) is 16.1 Å². The summed E-state index contributed by atoms with van der Waals surface area (Å²) in [6.07, 6.45) is -4.46. The molecule has 21 heavy (non-hydrogen) atoms. The molecule has 0 aliphatic rings. The zero-order valence-electron chi connectivity index (χ0n) is 10.9. The Balaban J connectivity index is 2.39. The van der Waals surface area contributed by atoms with E-state index in [1.54, 1.807) is 6.92 Å². The van der Waals surface area contributed by atoms with E-state index in [2.05, 4.69) is 10.3 Å². The van der Waals surface area contributed by atoms with Gasteiger partial charge in [0.2, 0.25) is 0 Å². The van der Waals surface area contributed by atoms with Crippen LogP contribution < -0.4 is 5.32 Å². The summed E-state index contributed by atoms with van der Waals surface area (Å²) < 4.78 is 37.9. The molecule has 2 N–H and O–H groups in total. The third kappa shape index (κ3) is 3.50. The third-order valence-electron chi connectivity index (χ3n) is 2.72. The second-order valence-corrected chi connectivity index (χ2v) is 4.36. The van der Waals surface area contributed by atoms with E-state index in [0.717, 1.165) is 12.1 Å². The molecule has 2 rings (SSSR count). The molecule has 0 radical (unpaired) electrons. The van der Waals surface area contributed by atoms with Crippen LogP contribution in [0.5, 0.6) is 0 Å². The Bertz CT molecular complexity index is 684. The number of pyridine rings is 1. The second-order valence-electron chi connectivity index (χ2n) is 4.36. The maximum atomic E-state index is 12.6. The zero-order valence-corrected chi connectivity index (χ0v) is 10.9. The molecule has 4 nitrogen and oxygen atoms in total. The second kappa shape index (κ2) is 5.43. The fourth-order valence-corrected chi connectivity index (χ4v) is 1.73. The Hall–Kier alpha value is -2.57. The Morgan fingerprint density at radius 3 is 2.57 bits per heavy atom. The summed E-state index contributed by atoms with van der Waals surface area (Å²) in [5.74, 6) is -1.21. The maximum absolute atomic E-state index is 12.6. The van der Waals surface area contributed by atoms with E-state index < -0.39 is 17.7 Å². The summed E-state index contributed by atoms with van der Waals surface area (Å²) in [5, 5.41) is 11.7. The van der Waals surface area contributed by atoms with E-state index in [1.807, 2.05) is 0 Å². The molecule has 1 aromatic carbocycles. The molecule has 0 amide bonds. The van der Waals surface area contributed by atoms with Crippen molar-refractivity contribution in [3.05, 3.63) is 53.2 Å². The number of carboxylic acid groups (broad SMARTS) is 1. The van der Waals surface area contributed by atoms with Crippen LogP contribution in [0.1, 0.15) is 21.6 Å². The molecule has 0 aliphatic carbocycles. The number of aryl methyl sites for hydroxylation is 1. The van der Waals surface area contributed by atoms with Crippen LogP contribution in [0.2, 0.25) is 0 Å². The van der Waals surface area contributed by atoms with Crippen LogP contribution in [0, 0.1) is 6.92 Å². The minimum absolute atomic E-state index is 0.00169. The van der Waals surface area contributed by atoms with Gasteiger partial charge in [0.25, 0.3) is 0 Å². The van der Waals surface area contributed by atoms with Crippen LogP contribution in [0.3, 0.4) is 0 Å². The molecule has 0 saturated carbocycles. The molecule has 0 atom stereocenters. The number of halogens is 3. The van der Waals surface area contributed by atoms with Gasteiger partial charge in [0.05, 0.1) is 5.56 Å². The van der Waals surface area contributed by atoms with Gasteiger partial charge in [0.15, 0.2) is 0 Å². The molecule has 0 spiro atoms. The van der Waals surface area contributed by atoms with Crippen molar-refractivity contribution in [2.24, 2.45) is 0 Å². The number of hydrogen-bond donors (Lipinski definition) is 2. The number of anilines is 2. The van der Waals surface area contributed by atoms with E-state index in [9.17, 15) is 18.0 Å². The molecular formula is C14H11F3N2O2. The smallest absolute Gasteiger partial charge is 0.416 e. The summed E-state index contributed by atoms with van der Waals surface area (Å²) in [6, 6.07) is 7.34. The van der Waals surface area contributed by atoms with Gasteiger partial charge in [-0.3, -0.25) is 0 Å². The SMILES string of the molecule is Cc1ccc(C(=O)O)c(Nc2cccc(C(F)(F)F)c2)n1. The van der Waals surface area contributed by atoms with Gasteiger partial charge in [-0.15, -0.1) is 0 Å². The number of carboxylic acids is 1. The maximum Gasteiger partial charge on any atom is 0.416 e. The van der Waals surface area contributed by atoms with E-state index in [1.165, 1.54) is 24.3 Å². The van der Waals surface area contributed by atoms with E-state index in [4.69, 9.17) is 5.11 Å². The highest BCUT2D eigenvalue weighted by Crippen LogP contribution is 2.31. The van der Waals surface area contributed by atoms with Gasteiger partial charge in [-0.2, -0.15) is 13.2 Å². The number of benzene rings is 1. The summed E-state index contributed by atoms with van der Waals surface area (Å²) in [6.45, 7) is 1.66. The van der Waals surface area contributed by atoms with Crippen molar-refractivity contribution in [3.63, 3.8) is 0 Å². The molecular weight excluding hydrogens is 285 g/mol. The van der Waals surface area contributed by atoms with Crippen LogP contribution in [0.4, 0.5) is 24.7 Å². The van der Waals surface area contributed by atoms with Crippen LogP contribution in [0.15, 0.2) is 36.4 Å². The number of aromatic nitrogens is 1. The number of aromatic carboxylic acids is 1. The number of carbonyl (C=O) groups is 1. The minimum Gasteiger partial charge on any atom is -0.478 e.